The lowest BCUT2D eigenvalue weighted by Gasteiger charge is -2.23. The maximum atomic E-state index is 12.3. The van der Waals surface area contributed by atoms with E-state index in [1.165, 1.54) is 5.56 Å². The lowest BCUT2D eigenvalue weighted by atomic mass is 9.94. The largest absolute Gasteiger partial charge is 0.493 e. The first-order valence-corrected chi connectivity index (χ1v) is 8.58. The second-order valence-corrected chi connectivity index (χ2v) is 6.12. The summed E-state index contributed by atoms with van der Waals surface area (Å²) in [6.45, 7) is 1.31. The predicted molar refractivity (Wildman–Crippen MR) is 95.0 cm³/mol. The molecule has 0 bridgehead atoms. The third-order valence-electron chi connectivity index (χ3n) is 4.31. The molecule has 0 aliphatic carbocycles. The Morgan fingerprint density at radius 1 is 1.17 bits per heavy atom. The summed E-state index contributed by atoms with van der Waals surface area (Å²) < 4.78 is 5.70. The van der Waals surface area contributed by atoms with E-state index in [1.54, 1.807) is 0 Å². The number of carbonyl (C=O) groups is 1. The topological polar surface area (TPSA) is 64.4 Å². The Hall–Kier alpha value is -2.33. The molecule has 0 aromatic heterocycles. The van der Waals surface area contributed by atoms with Gasteiger partial charge in [0.1, 0.15) is 5.75 Å². The van der Waals surface area contributed by atoms with E-state index < -0.39 is 0 Å². The van der Waals surface area contributed by atoms with Crippen molar-refractivity contribution in [2.45, 2.75) is 31.7 Å². The van der Waals surface area contributed by atoms with Crippen molar-refractivity contribution in [3.05, 3.63) is 65.2 Å². The fourth-order valence-corrected chi connectivity index (χ4v) is 3.06. The average molecular weight is 324 g/mol. The highest BCUT2D eigenvalue weighted by atomic mass is 16.5. The van der Waals surface area contributed by atoms with Crippen LogP contribution in [-0.2, 0) is 11.2 Å². The minimum absolute atomic E-state index is 0.0308. The molecule has 4 nitrogen and oxygen atoms in total. The zero-order valence-electron chi connectivity index (χ0n) is 13.8. The van der Waals surface area contributed by atoms with E-state index in [9.17, 15) is 4.79 Å². The van der Waals surface area contributed by atoms with Crippen molar-refractivity contribution in [1.82, 2.24) is 5.32 Å². The van der Waals surface area contributed by atoms with Crippen LogP contribution in [0.1, 0.15) is 42.0 Å². The number of aryl methyl sites for hydroxylation is 1. The zero-order chi connectivity index (χ0) is 16.8. The van der Waals surface area contributed by atoms with Crippen LogP contribution < -0.4 is 15.8 Å². The van der Waals surface area contributed by atoms with Gasteiger partial charge in [-0.2, -0.15) is 0 Å². The van der Waals surface area contributed by atoms with Gasteiger partial charge in [-0.05, 0) is 54.6 Å². The van der Waals surface area contributed by atoms with Crippen LogP contribution in [-0.4, -0.2) is 19.1 Å². The van der Waals surface area contributed by atoms with Crippen molar-refractivity contribution < 1.29 is 9.53 Å². The van der Waals surface area contributed by atoms with Gasteiger partial charge in [0, 0.05) is 6.42 Å². The predicted octanol–water partition coefficient (Wildman–Crippen LogP) is 2.96. The molecule has 1 aliphatic rings. The fourth-order valence-electron chi connectivity index (χ4n) is 3.06. The van der Waals surface area contributed by atoms with E-state index in [0.717, 1.165) is 36.3 Å². The average Bonchev–Trinajstić information content (AvgIpc) is 2.64. The molecular formula is C20H24N2O2. The quantitative estimate of drug-likeness (QED) is 0.858. The van der Waals surface area contributed by atoms with E-state index in [1.807, 2.05) is 42.5 Å². The maximum Gasteiger partial charge on any atom is 0.220 e. The highest BCUT2D eigenvalue weighted by Gasteiger charge is 2.19. The second kappa shape index (κ2) is 7.97. The summed E-state index contributed by atoms with van der Waals surface area (Å²) in [4.78, 5) is 12.3. The molecule has 0 radical (unpaired) electrons. The molecule has 1 aliphatic heterocycles. The van der Waals surface area contributed by atoms with Crippen molar-refractivity contribution in [2.75, 3.05) is 13.2 Å². The second-order valence-electron chi connectivity index (χ2n) is 6.12. The van der Waals surface area contributed by atoms with Crippen LogP contribution in [0.3, 0.4) is 0 Å². The molecule has 4 heteroatoms. The Kier molecular flexibility index (Phi) is 5.49. The maximum absolute atomic E-state index is 12.3. The molecule has 1 heterocycles. The molecule has 1 atom stereocenters. The van der Waals surface area contributed by atoms with Crippen molar-refractivity contribution in [3.63, 3.8) is 0 Å². The summed E-state index contributed by atoms with van der Waals surface area (Å²) in [6.07, 6.45) is 3.21. The zero-order valence-corrected chi connectivity index (χ0v) is 13.8. The van der Waals surface area contributed by atoms with Crippen molar-refractivity contribution >= 4 is 5.91 Å². The Balaban J connectivity index is 1.88. The molecular weight excluding hydrogens is 300 g/mol. The number of amides is 1. The summed E-state index contributed by atoms with van der Waals surface area (Å²) in [5, 5.41) is 3.16. The van der Waals surface area contributed by atoms with Crippen LogP contribution in [0.5, 0.6) is 5.75 Å². The number of benzene rings is 2. The van der Waals surface area contributed by atoms with Gasteiger partial charge in [-0.25, -0.2) is 0 Å². The minimum atomic E-state index is -0.149. The molecule has 0 saturated heterocycles. The SMILES string of the molecule is NCCCC(=O)NC(c1ccccc1)c1ccc2c(c1)CCCO2. The van der Waals surface area contributed by atoms with Crippen LogP contribution in [0.25, 0.3) is 0 Å². The summed E-state index contributed by atoms with van der Waals surface area (Å²) in [7, 11) is 0. The van der Waals surface area contributed by atoms with Crippen molar-refractivity contribution in [3.8, 4) is 5.75 Å². The number of nitrogens with one attached hydrogen (secondary N) is 1. The van der Waals surface area contributed by atoms with Crippen LogP contribution in [0.15, 0.2) is 48.5 Å². The van der Waals surface area contributed by atoms with Gasteiger partial charge >= 0.3 is 0 Å². The third kappa shape index (κ3) is 3.95. The summed E-state index contributed by atoms with van der Waals surface area (Å²) in [5.41, 5.74) is 8.90. The summed E-state index contributed by atoms with van der Waals surface area (Å²) in [6, 6.07) is 16.1. The van der Waals surface area contributed by atoms with Gasteiger partial charge < -0.3 is 15.8 Å². The monoisotopic (exact) mass is 324 g/mol. The van der Waals surface area contributed by atoms with E-state index in [-0.39, 0.29) is 11.9 Å². The molecule has 126 valence electrons. The van der Waals surface area contributed by atoms with Gasteiger partial charge in [0.25, 0.3) is 0 Å². The standard InChI is InChI=1S/C20H24N2O2/c21-12-4-9-19(23)22-20(15-6-2-1-3-7-15)17-10-11-18-16(14-17)8-5-13-24-18/h1-3,6-7,10-11,14,20H,4-5,8-9,12-13,21H2,(H,22,23). The first kappa shape index (κ1) is 16.5. The number of hydrogen-bond donors (Lipinski definition) is 2. The lowest BCUT2D eigenvalue weighted by molar-refractivity contribution is -0.121. The molecule has 1 amide bonds. The molecule has 2 aromatic carbocycles. The number of rotatable bonds is 6. The molecule has 0 saturated carbocycles. The molecule has 24 heavy (non-hydrogen) atoms. The molecule has 0 spiro atoms. The number of ether oxygens (including phenoxy) is 1. The van der Waals surface area contributed by atoms with Crippen molar-refractivity contribution in [1.29, 1.82) is 0 Å². The van der Waals surface area contributed by atoms with Crippen LogP contribution in [0.4, 0.5) is 0 Å². The highest BCUT2D eigenvalue weighted by Crippen LogP contribution is 2.30. The van der Waals surface area contributed by atoms with Gasteiger partial charge in [-0.1, -0.05) is 36.4 Å². The summed E-state index contributed by atoms with van der Waals surface area (Å²) in [5.74, 6) is 0.995. The van der Waals surface area contributed by atoms with E-state index in [0.29, 0.717) is 19.4 Å². The van der Waals surface area contributed by atoms with Crippen LogP contribution >= 0.6 is 0 Å². The molecule has 0 fully saturated rings. The van der Waals surface area contributed by atoms with E-state index in [2.05, 4.69) is 11.4 Å². The number of carbonyl (C=O) groups excluding carboxylic acids is 1. The number of fused-ring (bicyclic) bond motifs is 1. The third-order valence-corrected chi connectivity index (χ3v) is 4.31. The highest BCUT2D eigenvalue weighted by molar-refractivity contribution is 5.77. The first-order chi connectivity index (χ1) is 11.8. The fraction of sp³-hybridized carbons (Fsp3) is 0.350. The van der Waals surface area contributed by atoms with Crippen LogP contribution in [0.2, 0.25) is 0 Å². The minimum Gasteiger partial charge on any atom is -0.493 e. The molecule has 3 N–H and O–H groups in total. The smallest absolute Gasteiger partial charge is 0.220 e. The Bertz CT molecular complexity index is 685. The van der Waals surface area contributed by atoms with Gasteiger partial charge in [0.2, 0.25) is 5.91 Å². The van der Waals surface area contributed by atoms with Gasteiger partial charge in [-0.3, -0.25) is 4.79 Å². The normalized spacial score (nSPS) is 14.4. The van der Waals surface area contributed by atoms with Gasteiger partial charge in [0.05, 0.1) is 12.6 Å². The first-order valence-electron chi connectivity index (χ1n) is 8.58. The number of hydrogen-bond acceptors (Lipinski definition) is 3. The molecule has 1 unspecified atom stereocenters. The number of nitrogens with two attached hydrogens (primary N) is 1. The van der Waals surface area contributed by atoms with Crippen LogP contribution in [0, 0.1) is 0 Å². The van der Waals surface area contributed by atoms with Crippen molar-refractivity contribution in [2.24, 2.45) is 5.73 Å². The lowest BCUT2D eigenvalue weighted by Crippen LogP contribution is -2.29. The van der Waals surface area contributed by atoms with E-state index in [4.69, 9.17) is 10.5 Å². The van der Waals surface area contributed by atoms with E-state index >= 15 is 0 Å². The Morgan fingerprint density at radius 2 is 2.00 bits per heavy atom. The molecule has 3 rings (SSSR count). The Labute approximate surface area is 143 Å². The summed E-state index contributed by atoms with van der Waals surface area (Å²) >= 11 is 0. The van der Waals surface area contributed by atoms with Gasteiger partial charge in [0.15, 0.2) is 0 Å². The van der Waals surface area contributed by atoms with Gasteiger partial charge in [-0.15, -0.1) is 0 Å². The Morgan fingerprint density at radius 3 is 2.79 bits per heavy atom. The molecule has 2 aromatic rings.